The quantitative estimate of drug-likeness (QED) is 0.922. The average Bonchev–Trinajstić information content (AvgIpc) is 2.64. The van der Waals surface area contributed by atoms with Crippen LogP contribution in [0.3, 0.4) is 0 Å². The first kappa shape index (κ1) is 13.0. The summed E-state index contributed by atoms with van der Waals surface area (Å²) in [5.74, 6) is 0.00928. The molecule has 96 valence electrons. The van der Waals surface area contributed by atoms with Crippen LogP contribution in [0.5, 0.6) is 0 Å². The molecule has 0 aliphatic heterocycles. The van der Waals surface area contributed by atoms with Crippen molar-refractivity contribution in [2.24, 2.45) is 0 Å². The van der Waals surface area contributed by atoms with E-state index in [4.69, 9.17) is 5.11 Å². The van der Waals surface area contributed by atoms with E-state index in [0.29, 0.717) is 5.25 Å². The van der Waals surface area contributed by atoms with Crippen LogP contribution in [0.2, 0.25) is 0 Å². The number of hydrogen-bond donors (Lipinski definition) is 1. The summed E-state index contributed by atoms with van der Waals surface area (Å²) in [4.78, 5) is 15.4. The maximum absolute atomic E-state index is 10.9. The van der Waals surface area contributed by atoms with Crippen molar-refractivity contribution in [3.8, 4) is 0 Å². The predicted molar refractivity (Wildman–Crippen MR) is 74.4 cm³/mol. The topological polar surface area (TPSA) is 55.1 Å². The molecule has 0 radical (unpaired) electrons. The van der Waals surface area contributed by atoms with E-state index < -0.39 is 5.97 Å². The second kappa shape index (κ2) is 5.02. The zero-order chi connectivity index (χ0) is 13.3. The van der Waals surface area contributed by atoms with Crippen LogP contribution in [0, 0.1) is 6.92 Å². The fourth-order valence-electron chi connectivity index (χ4n) is 1.95. The Hall–Kier alpha value is -1.49. The molecule has 0 fully saturated rings. The fraction of sp³-hybridized carbons (Fsp3) is 0.385. The monoisotopic (exact) mass is 264 g/mol. The number of aromatic nitrogens is 2. The summed E-state index contributed by atoms with van der Waals surface area (Å²) < 4.78 is 2.14. The summed E-state index contributed by atoms with van der Waals surface area (Å²) >= 11 is 1.81. The minimum atomic E-state index is -0.915. The molecule has 0 saturated heterocycles. The summed E-state index contributed by atoms with van der Waals surface area (Å²) in [6, 6.07) is 5.10. The molecule has 18 heavy (non-hydrogen) atoms. The Balaban J connectivity index is 2.48. The number of thioether (sulfide) groups is 1. The van der Waals surface area contributed by atoms with Gasteiger partial charge in [-0.25, -0.2) is 9.78 Å². The van der Waals surface area contributed by atoms with E-state index >= 15 is 0 Å². The van der Waals surface area contributed by atoms with Gasteiger partial charge in [0.25, 0.3) is 0 Å². The number of aromatic carboxylic acids is 1. The number of carbonyl (C=O) groups is 1. The second-order valence-corrected chi connectivity index (χ2v) is 5.60. The molecule has 1 atom stereocenters. The zero-order valence-corrected chi connectivity index (χ0v) is 11.5. The molecule has 0 saturated carbocycles. The SMILES string of the molecule is CSC(C)Cn1c(C)nc2cc(C(=O)O)ccc21. The Morgan fingerprint density at radius 3 is 2.89 bits per heavy atom. The standard InChI is InChI=1S/C13H16N2O2S/c1-8(18-3)7-15-9(2)14-11-6-10(13(16)17)4-5-12(11)15/h4-6,8H,7H2,1-3H3,(H,16,17). The van der Waals surface area contributed by atoms with Crippen molar-refractivity contribution in [1.29, 1.82) is 0 Å². The maximum atomic E-state index is 10.9. The van der Waals surface area contributed by atoms with Gasteiger partial charge in [0.1, 0.15) is 5.82 Å². The zero-order valence-electron chi connectivity index (χ0n) is 10.7. The van der Waals surface area contributed by atoms with E-state index in [9.17, 15) is 4.79 Å². The normalized spacial score (nSPS) is 12.8. The highest BCUT2D eigenvalue weighted by Gasteiger charge is 2.12. The fourth-order valence-corrected chi connectivity index (χ4v) is 2.24. The molecule has 1 aromatic carbocycles. The van der Waals surface area contributed by atoms with Gasteiger partial charge >= 0.3 is 5.97 Å². The molecule has 1 unspecified atom stereocenters. The Morgan fingerprint density at radius 1 is 1.56 bits per heavy atom. The van der Waals surface area contributed by atoms with Gasteiger partial charge in [0.15, 0.2) is 0 Å². The molecule has 2 aromatic rings. The minimum Gasteiger partial charge on any atom is -0.478 e. The van der Waals surface area contributed by atoms with Crippen LogP contribution in [0.1, 0.15) is 23.1 Å². The number of carboxylic acid groups (broad SMARTS) is 1. The van der Waals surface area contributed by atoms with Crippen LogP contribution >= 0.6 is 11.8 Å². The third-order valence-electron chi connectivity index (χ3n) is 3.03. The van der Waals surface area contributed by atoms with Gasteiger partial charge < -0.3 is 9.67 Å². The number of carboxylic acids is 1. The lowest BCUT2D eigenvalue weighted by atomic mass is 10.2. The Morgan fingerprint density at radius 2 is 2.28 bits per heavy atom. The second-order valence-electron chi connectivity index (χ2n) is 4.32. The largest absolute Gasteiger partial charge is 0.478 e. The molecule has 2 rings (SSSR count). The molecular weight excluding hydrogens is 248 g/mol. The van der Waals surface area contributed by atoms with Crippen LogP contribution in [0.25, 0.3) is 11.0 Å². The van der Waals surface area contributed by atoms with E-state index in [0.717, 1.165) is 23.4 Å². The van der Waals surface area contributed by atoms with Gasteiger partial charge in [-0.3, -0.25) is 0 Å². The van der Waals surface area contributed by atoms with Crippen LogP contribution < -0.4 is 0 Å². The molecule has 0 amide bonds. The molecule has 1 N–H and O–H groups in total. The molecular formula is C13H16N2O2S. The number of imidazole rings is 1. The van der Waals surface area contributed by atoms with Crippen LogP contribution in [0.4, 0.5) is 0 Å². The number of benzene rings is 1. The third-order valence-corrected chi connectivity index (χ3v) is 3.98. The molecule has 0 aliphatic carbocycles. The highest BCUT2D eigenvalue weighted by molar-refractivity contribution is 7.99. The van der Waals surface area contributed by atoms with Crippen molar-refractivity contribution in [1.82, 2.24) is 9.55 Å². The van der Waals surface area contributed by atoms with Crippen molar-refractivity contribution in [2.75, 3.05) is 6.26 Å². The molecule has 1 aromatic heterocycles. The number of fused-ring (bicyclic) bond motifs is 1. The van der Waals surface area contributed by atoms with Gasteiger partial charge in [0.05, 0.1) is 16.6 Å². The third kappa shape index (κ3) is 2.36. The highest BCUT2D eigenvalue weighted by Crippen LogP contribution is 2.20. The van der Waals surface area contributed by atoms with Gasteiger partial charge in [-0.1, -0.05) is 6.92 Å². The molecule has 4 nitrogen and oxygen atoms in total. The minimum absolute atomic E-state index is 0.282. The van der Waals surface area contributed by atoms with Crippen LogP contribution in [-0.4, -0.2) is 32.1 Å². The lowest BCUT2D eigenvalue weighted by Crippen LogP contribution is -2.10. The smallest absolute Gasteiger partial charge is 0.335 e. The molecule has 5 heteroatoms. The number of rotatable bonds is 4. The van der Waals surface area contributed by atoms with Crippen LogP contribution in [0.15, 0.2) is 18.2 Å². The van der Waals surface area contributed by atoms with Crippen LogP contribution in [-0.2, 0) is 6.54 Å². The average molecular weight is 264 g/mol. The summed E-state index contributed by atoms with van der Waals surface area (Å²) in [7, 11) is 0. The lowest BCUT2D eigenvalue weighted by molar-refractivity contribution is 0.0697. The van der Waals surface area contributed by atoms with E-state index in [2.05, 4.69) is 22.7 Å². The highest BCUT2D eigenvalue weighted by atomic mass is 32.2. The first-order chi connectivity index (χ1) is 8.52. The van der Waals surface area contributed by atoms with E-state index in [1.54, 1.807) is 23.9 Å². The van der Waals surface area contributed by atoms with Gasteiger partial charge in [-0.2, -0.15) is 11.8 Å². The summed E-state index contributed by atoms with van der Waals surface area (Å²) in [6.45, 7) is 5.00. The Bertz CT molecular complexity index is 592. The van der Waals surface area contributed by atoms with Gasteiger partial charge in [0, 0.05) is 11.8 Å². The summed E-state index contributed by atoms with van der Waals surface area (Å²) in [5.41, 5.74) is 2.03. The number of aryl methyl sites for hydroxylation is 1. The maximum Gasteiger partial charge on any atom is 0.335 e. The Kier molecular flexibility index (Phi) is 3.61. The van der Waals surface area contributed by atoms with Crippen molar-refractivity contribution < 1.29 is 9.90 Å². The van der Waals surface area contributed by atoms with E-state index in [1.165, 1.54) is 0 Å². The Labute approximate surface area is 110 Å². The summed E-state index contributed by atoms with van der Waals surface area (Å²) in [5, 5.41) is 9.47. The van der Waals surface area contributed by atoms with Crippen molar-refractivity contribution in [2.45, 2.75) is 25.6 Å². The molecule has 0 bridgehead atoms. The lowest BCUT2D eigenvalue weighted by Gasteiger charge is -2.11. The van der Waals surface area contributed by atoms with Crippen molar-refractivity contribution in [3.63, 3.8) is 0 Å². The number of nitrogens with zero attached hydrogens (tertiary/aromatic N) is 2. The first-order valence-corrected chi connectivity index (χ1v) is 7.04. The first-order valence-electron chi connectivity index (χ1n) is 5.76. The van der Waals surface area contributed by atoms with Gasteiger partial charge in [-0.15, -0.1) is 0 Å². The molecule has 0 aliphatic rings. The van der Waals surface area contributed by atoms with Crippen molar-refractivity contribution in [3.05, 3.63) is 29.6 Å². The van der Waals surface area contributed by atoms with Gasteiger partial charge in [0.2, 0.25) is 0 Å². The van der Waals surface area contributed by atoms with E-state index in [-0.39, 0.29) is 5.56 Å². The summed E-state index contributed by atoms with van der Waals surface area (Å²) in [6.07, 6.45) is 2.08. The van der Waals surface area contributed by atoms with Gasteiger partial charge in [-0.05, 0) is 31.4 Å². The number of hydrogen-bond acceptors (Lipinski definition) is 3. The van der Waals surface area contributed by atoms with E-state index in [1.807, 2.05) is 13.0 Å². The predicted octanol–water partition coefficient (Wildman–Crippen LogP) is 2.79. The molecule has 0 spiro atoms. The van der Waals surface area contributed by atoms with Crippen molar-refractivity contribution >= 4 is 28.8 Å². The molecule has 1 heterocycles.